The van der Waals surface area contributed by atoms with Gasteiger partial charge in [0.05, 0.1) is 0 Å². The van der Waals surface area contributed by atoms with E-state index in [-0.39, 0.29) is 11.6 Å². The van der Waals surface area contributed by atoms with E-state index in [9.17, 15) is 4.79 Å². The van der Waals surface area contributed by atoms with Crippen molar-refractivity contribution in [2.45, 2.75) is 0 Å². The lowest BCUT2D eigenvalue weighted by Gasteiger charge is -2.14. The maximum absolute atomic E-state index is 10.7. The Balaban J connectivity index is 2.33. The number of nitrogens with two attached hydrogens (primary N) is 1. The molecule has 0 bridgehead atoms. The van der Waals surface area contributed by atoms with Gasteiger partial charge in [-0.25, -0.2) is 4.98 Å². The van der Waals surface area contributed by atoms with Gasteiger partial charge in [-0.2, -0.15) is 0 Å². The SMILES string of the molecule is NC(=O)C1=COc2cccnc2O1. The molecule has 2 rings (SSSR count). The molecular weight excluding hydrogens is 172 g/mol. The van der Waals surface area contributed by atoms with Gasteiger partial charge >= 0.3 is 0 Å². The highest BCUT2D eigenvalue weighted by molar-refractivity contribution is 5.90. The van der Waals surface area contributed by atoms with Crippen LogP contribution in [0, 0.1) is 0 Å². The molecule has 2 heterocycles. The molecule has 66 valence electrons. The lowest BCUT2D eigenvalue weighted by molar-refractivity contribution is -0.116. The van der Waals surface area contributed by atoms with Gasteiger partial charge in [-0.1, -0.05) is 0 Å². The molecule has 1 aromatic heterocycles. The molecule has 0 saturated carbocycles. The van der Waals surface area contributed by atoms with Gasteiger partial charge in [0.25, 0.3) is 11.8 Å². The molecule has 0 aliphatic carbocycles. The van der Waals surface area contributed by atoms with Crippen LogP contribution in [0.3, 0.4) is 0 Å². The Kier molecular flexibility index (Phi) is 1.63. The van der Waals surface area contributed by atoms with E-state index >= 15 is 0 Å². The van der Waals surface area contributed by atoms with Crippen LogP contribution < -0.4 is 15.2 Å². The predicted octanol–water partition coefficient (Wildman–Crippen LogP) is 0.180. The third-order valence-corrected chi connectivity index (χ3v) is 1.48. The Morgan fingerprint density at radius 2 is 2.38 bits per heavy atom. The van der Waals surface area contributed by atoms with Crippen molar-refractivity contribution in [2.75, 3.05) is 0 Å². The van der Waals surface area contributed by atoms with E-state index in [0.717, 1.165) is 6.26 Å². The molecule has 0 atom stereocenters. The summed E-state index contributed by atoms with van der Waals surface area (Å²) in [5, 5.41) is 0. The summed E-state index contributed by atoms with van der Waals surface area (Å²) in [7, 11) is 0. The zero-order valence-corrected chi connectivity index (χ0v) is 6.56. The third-order valence-electron chi connectivity index (χ3n) is 1.48. The molecule has 1 aliphatic rings. The fourth-order valence-corrected chi connectivity index (χ4v) is 0.896. The Labute approximate surface area is 73.8 Å². The van der Waals surface area contributed by atoms with Gasteiger partial charge in [0, 0.05) is 6.20 Å². The molecule has 0 fully saturated rings. The van der Waals surface area contributed by atoms with Crippen molar-refractivity contribution in [3.63, 3.8) is 0 Å². The van der Waals surface area contributed by atoms with Crippen LogP contribution in [0.1, 0.15) is 0 Å². The highest BCUT2D eigenvalue weighted by Gasteiger charge is 2.18. The Hall–Kier alpha value is -2.04. The molecule has 1 aliphatic heterocycles. The van der Waals surface area contributed by atoms with Crippen molar-refractivity contribution in [1.29, 1.82) is 0 Å². The number of hydrogen-bond acceptors (Lipinski definition) is 4. The first-order valence-corrected chi connectivity index (χ1v) is 3.57. The average Bonchev–Trinajstić information content (AvgIpc) is 2.17. The first kappa shape index (κ1) is 7.60. The largest absolute Gasteiger partial charge is 0.455 e. The minimum Gasteiger partial charge on any atom is -0.455 e. The fourth-order valence-electron chi connectivity index (χ4n) is 0.896. The van der Waals surface area contributed by atoms with Crippen molar-refractivity contribution in [3.05, 3.63) is 30.4 Å². The number of primary amides is 1. The third kappa shape index (κ3) is 1.31. The van der Waals surface area contributed by atoms with Crippen LogP contribution in [0.5, 0.6) is 11.6 Å². The molecule has 1 aromatic rings. The fraction of sp³-hybridized carbons (Fsp3) is 0. The van der Waals surface area contributed by atoms with Crippen molar-refractivity contribution in [3.8, 4) is 11.6 Å². The van der Waals surface area contributed by atoms with E-state index in [0.29, 0.717) is 5.75 Å². The van der Waals surface area contributed by atoms with Gasteiger partial charge < -0.3 is 15.2 Å². The maximum atomic E-state index is 10.7. The van der Waals surface area contributed by atoms with Crippen molar-refractivity contribution >= 4 is 5.91 Å². The van der Waals surface area contributed by atoms with Crippen molar-refractivity contribution < 1.29 is 14.3 Å². The van der Waals surface area contributed by atoms with Gasteiger partial charge in [-0.15, -0.1) is 0 Å². The molecule has 0 unspecified atom stereocenters. The van der Waals surface area contributed by atoms with E-state index in [1.54, 1.807) is 12.1 Å². The number of ether oxygens (including phenoxy) is 2. The van der Waals surface area contributed by atoms with E-state index < -0.39 is 5.91 Å². The van der Waals surface area contributed by atoms with Crippen LogP contribution in [0.25, 0.3) is 0 Å². The summed E-state index contributed by atoms with van der Waals surface area (Å²) < 4.78 is 10.1. The van der Waals surface area contributed by atoms with E-state index in [1.165, 1.54) is 6.20 Å². The molecule has 0 radical (unpaired) electrons. The van der Waals surface area contributed by atoms with Gasteiger partial charge in [0.1, 0.15) is 6.26 Å². The van der Waals surface area contributed by atoms with Gasteiger partial charge in [-0.3, -0.25) is 4.79 Å². The Morgan fingerprint density at radius 3 is 3.15 bits per heavy atom. The van der Waals surface area contributed by atoms with Gasteiger partial charge in [0.15, 0.2) is 5.75 Å². The number of carbonyl (C=O) groups is 1. The summed E-state index contributed by atoms with van der Waals surface area (Å²) in [4.78, 5) is 14.5. The number of amides is 1. The first-order valence-electron chi connectivity index (χ1n) is 3.57. The molecular formula is C8H6N2O3. The van der Waals surface area contributed by atoms with Gasteiger partial charge in [0.2, 0.25) is 5.76 Å². The lowest BCUT2D eigenvalue weighted by atomic mass is 10.4. The van der Waals surface area contributed by atoms with Crippen LogP contribution in [-0.2, 0) is 4.79 Å². The number of fused-ring (bicyclic) bond motifs is 1. The van der Waals surface area contributed by atoms with E-state index in [4.69, 9.17) is 15.2 Å². The highest BCUT2D eigenvalue weighted by atomic mass is 16.6. The molecule has 0 spiro atoms. The second-order valence-electron chi connectivity index (χ2n) is 2.37. The van der Waals surface area contributed by atoms with Crippen LogP contribution in [0.2, 0.25) is 0 Å². The summed E-state index contributed by atoms with van der Waals surface area (Å²) in [5.41, 5.74) is 4.98. The van der Waals surface area contributed by atoms with Crippen LogP contribution in [0.4, 0.5) is 0 Å². The summed E-state index contributed by atoms with van der Waals surface area (Å²) >= 11 is 0. The number of carbonyl (C=O) groups excluding carboxylic acids is 1. The standard InChI is InChI=1S/C8H6N2O3/c9-7(11)6-4-12-5-2-1-3-10-8(5)13-6/h1-4H,(H2,9,11). The molecule has 2 N–H and O–H groups in total. The second-order valence-corrected chi connectivity index (χ2v) is 2.37. The molecule has 1 amide bonds. The zero-order valence-electron chi connectivity index (χ0n) is 6.56. The number of hydrogen-bond donors (Lipinski definition) is 1. The Morgan fingerprint density at radius 1 is 1.54 bits per heavy atom. The normalized spacial score (nSPS) is 13.4. The lowest BCUT2D eigenvalue weighted by Crippen LogP contribution is -2.21. The van der Waals surface area contributed by atoms with Gasteiger partial charge in [-0.05, 0) is 12.1 Å². The number of aromatic nitrogens is 1. The summed E-state index contributed by atoms with van der Waals surface area (Å²) in [6, 6.07) is 3.38. The molecule has 0 aromatic carbocycles. The van der Waals surface area contributed by atoms with Crippen LogP contribution >= 0.6 is 0 Å². The monoisotopic (exact) mass is 178 g/mol. The van der Waals surface area contributed by atoms with Crippen LogP contribution in [0.15, 0.2) is 30.4 Å². The summed E-state index contributed by atoms with van der Waals surface area (Å²) in [5.74, 6) is -0.0196. The highest BCUT2D eigenvalue weighted by Crippen LogP contribution is 2.28. The second kappa shape index (κ2) is 2.78. The summed E-state index contributed by atoms with van der Waals surface area (Å²) in [6.45, 7) is 0. The van der Waals surface area contributed by atoms with Crippen molar-refractivity contribution in [2.24, 2.45) is 5.73 Å². The summed E-state index contributed by atoms with van der Waals surface area (Å²) in [6.07, 6.45) is 2.69. The van der Waals surface area contributed by atoms with Crippen LogP contribution in [-0.4, -0.2) is 10.9 Å². The molecule has 0 saturated heterocycles. The molecule has 5 nitrogen and oxygen atoms in total. The van der Waals surface area contributed by atoms with Crippen molar-refractivity contribution in [1.82, 2.24) is 4.98 Å². The quantitative estimate of drug-likeness (QED) is 0.665. The number of nitrogens with zero attached hydrogens (tertiary/aromatic N) is 1. The zero-order chi connectivity index (χ0) is 9.26. The minimum absolute atomic E-state index is 0.0498. The van der Waals surface area contributed by atoms with E-state index in [1.807, 2.05) is 0 Å². The smallest absolute Gasteiger partial charge is 0.287 e. The predicted molar refractivity (Wildman–Crippen MR) is 42.8 cm³/mol. The minimum atomic E-state index is -0.684. The number of pyridine rings is 1. The molecule has 13 heavy (non-hydrogen) atoms. The Bertz CT molecular complexity index is 387. The van der Waals surface area contributed by atoms with E-state index in [2.05, 4.69) is 4.98 Å². The first-order chi connectivity index (χ1) is 6.27. The maximum Gasteiger partial charge on any atom is 0.287 e. The topological polar surface area (TPSA) is 74.4 Å². The number of rotatable bonds is 1. The molecule has 5 heteroatoms. The average molecular weight is 178 g/mol.